The zero-order valence-electron chi connectivity index (χ0n) is 10.6. The number of nitrogen functional groups attached to an aromatic ring is 1. The molecule has 1 aromatic carbocycles. The topological polar surface area (TPSA) is 93.9 Å². The third kappa shape index (κ3) is 2.51. The molecule has 0 saturated carbocycles. The normalized spacial score (nSPS) is 10.1. The molecule has 102 valence electrons. The van der Waals surface area contributed by atoms with Crippen molar-refractivity contribution in [3.63, 3.8) is 0 Å². The van der Waals surface area contributed by atoms with Gasteiger partial charge in [-0.25, -0.2) is 9.78 Å². The van der Waals surface area contributed by atoms with E-state index in [2.05, 4.69) is 27.0 Å². The lowest BCUT2D eigenvalue weighted by Gasteiger charge is -2.08. The number of nitriles is 1. The first-order valence-electron chi connectivity index (χ1n) is 5.78. The molecule has 0 bridgehead atoms. The van der Waals surface area contributed by atoms with Gasteiger partial charge in [-0.15, -0.1) is 0 Å². The van der Waals surface area contributed by atoms with Gasteiger partial charge < -0.3 is 10.5 Å². The van der Waals surface area contributed by atoms with Gasteiger partial charge in [0.2, 0.25) is 0 Å². The Morgan fingerprint density at radius 3 is 3.00 bits per heavy atom. The van der Waals surface area contributed by atoms with Gasteiger partial charge in [-0.1, -0.05) is 15.9 Å². The highest BCUT2D eigenvalue weighted by Gasteiger charge is 2.19. The summed E-state index contributed by atoms with van der Waals surface area (Å²) in [5, 5.41) is 9.13. The number of nitrogens with zero attached hydrogens (tertiary/aromatic N) is 3. The van der Waals surface area contributed by atoms with Gasteiger partial charge >= 0.3 is 5.97 Å². The molecular weight excluding hydrogens is 324 g/mol. The minimum Gasteiger partial charge on any atom is -0.461 e. The first kappa shape index (κ1) is 14.1. The molecule has 0 saturated heterocycles. The predicted molar refractivity (Wildman–Crippen MR) is 76.3 cm³/mol. The van der Waals surface area contributed by atoms with Crippen LogP contribution in [-0.4, -0.2) is 22.1 Å². The summed E-state index contributed by atoms with van der Waals surface area (Å²) in [5.74, 6) is -0.449. The van der Waals surface area contributed by atoms with Gasteiger partial charge in [-0.3, -0.25) is 4.57 Å². The molecule has 1 aromatic heterocycles. The van der Waals surface area contributed by atoms with Gasteiger partial charge in [0.15, 0.2) is 5.69 Å². The highest BCUT2D eigenvalue weighted by molar-refractivity contribution is 9.10. The minimum absolute atomic E-state index is 0.0377. The van der Waals surface area contributed by atoms with Gasteiger partial charge in [-0.05, 0) is 25.1 Å². The van der Waals surface area contributed by atoms with Crippen molar-refractivity contribution in [3.05, 3.63) is 40.3 Å². The molecule has 2 aromatic rings. The summed E-state index contributed by atoms with van der Waals surface area (Å²) in [6, 6.07) is 7.21. The zero-order chi connectivity index (χ0) is 14.7. The third-order valence-corrected chi connectivity index (χ3v) is 3.11. The van der Waals surface area contributed by atoms with E-state index < -0.39 is 5.97 Å². The number of imidazole rings is 1. The molecule has 0 aliphatic carbocycles. The van der Waals surface area contributed by atoms with Gasteiger partial charge in [0.25, 0.3) is 0 Å². The fourth-order valence-electron chi connectivity index (χ4n) is 1.71. The Morgan fingerprint density at radius 2 is 2.35 bits per heavy atom. The number of nitrogens with two attached hydrogens (primary N) is 1. The highest BCUT2D eigenvalue weighted by atomic mass is 79.9. The van der Waals surface area contributed by atoms with Crippen LogP contribution in [0.1, 0.15) is 23.0 Å². The second-order valence-corrected chi connectivity index (χ2v) is 4.76. The molecule has 7 heteroatoms. The quantitative estimate of drug-likeness (QED) is 0.869. The number of carbonyl (C=O) groups is 1. The lowest BCUT2D eigenvalue weighted by atomic mass is 10.2. The van der Waals surface area contributed by atoms with E-state index in [9.17, 15) is 4.79 Å². The first-order chi connectivity index (χ1) is 9.58. The summed E-state index contributed by atoms with van der Waals surface area (Å²) in [4.78, 5) is 15.6. The van der Waals surface area contributed by atoms with E-state index in [-0.39, 0.29) is 18.1 Å². The van der Waals surface area contributed by atoms with E-state index in [1.807, 2.05) is 0 Å². The Hall–Kier alpha value is -2.33. The van der Waals surface area contributed by atoms with E-state index in [1.165, 1.54) is 10.9 Å². The Morgan fingerprint density at radius 1 is 1.60 bits per heavy atom. The lowest BCUT2D eigenvalue weighted by molar-refractivity contribution is 0.0521. The maximum Gasteiger partial charge on any atom is 0.360 e. The van der Waals surface area contributed by atoms with Gasteiger partial charge in [0, 0.05) is 4.47 Å². The van der Waals surface area contributed by atoms with E-state index >= 15 is 0 Å². The van der Waals surface area contributed by atoms with Crippen LogP contribution in [0.2, 0.25) is 0 Å². The summed E-state index contributed by atoms with van der Waals surface area (Å²) < 4.78 is 7.14. The molecular formula is C13H11BrN4O2. The summed E-state index contributed by atoms with van der Waals surface area (Å²) in [6.45, 7) is 1.94. The Kier molecular flexibility index (Phi) is 4.05. The first-order valence-corrected chi connectivity index (χ1v) is 6.57. The van der Waals surface area contributed by atoms with Crippen LogP contribution in [0.25, 0.3) is 5.69 Å². The maximum absolute atomic E-state index is 11.7. The van der Waals surface area contributed by atoms with Crippen molar-refractivity contribution in [2.45, 2.75) is 6.92 Å². The van der Waals surface area contributed by atoms with Gasteiger partial charge in [0.1, 0.15) is 18.2 Å². The average Bonchev–Trinajstić information content (AvgIpc) is 2.80. The fourth-order valence-corrected chi connectivity index (χ4v) is 2.05. The summed E-state index contributed by atoms with van der Waals surface area (Å²) in [6.07, 6.45) is 1.39. The number of ether oxygens (including phenoxy) is 1. The lowest BCUT2D eigenvalue weighted by Crippen LogP contribution is -2.09. The van der Waals surface area contributed by atoms with Crippen molar-refractivity contribution in [3.8, 4) is 11.8 Å². The van der Waals surface area contributed by atoms with Crippen LogP contribution in [0.15, 0.2) is 29.0 Å². The minimum atomic E-state index is -0.586. The monoisotopic (exact) mass is 334 g/mol. The van der Waals surface area contributed by atoms with E-state index in [1.54, 1.807) is 25.1 Å². The average molecular weight is 335 g/mol. The predicted octanol–water partition coefficient (Wildman–Crippen LogP) is 2.27. The van der Waals surface area contributed by atoms with Crippen molar-refractivity contribution >= 4 is 27.7 Å². The summed E-state index contributed by atoms with van der Waals surface area (Å²) in [5.41, 5.74) is 6.92. The van der Waals surface area contributed by atoms with Gasteiger partial charge in [0.05, 0.1) is 17.9 Å². The number of hydrogen-bond donors (Lipinski definition) is 1. The van der Waals surface area contributed by atoms with Crippen molar-refractivity contribution in [1.82, 2.24) is 9.55 Å². The Bertz CT molecular complexity index is 703. The molecule has 1 heterocycles. The van der Waals surface area contributed by atoms with Crippen LogP contribution in [0, 0.1) is 11.3 Å². The van der Waals surface area contributed by atoms with Crippen molar-refractivity contribution in [2.24, 2.45) is 0 Å². The Balaban J connectivity index is 2.53. The molecule has 0 amide bonds. The summed E-state index contributed by atoms with van der Waals surface area (Å²) in [7, 11) is 0. The molecule has 0 aliphatic rings. The zero-order valence-corrected chi connectivity index (χ0v) is 12.2. The molecule has 6 nitrogen and oxygen atoms in total. The number of benzene rings is 1. The van der Waals surface area contributed by atoms with E-state index in [4.69, 9.17) is 15.7 Å². The number of hydrogen-bond acceptors (Lipinski definition) is 5. The molecule has 2 N–H and O–H groups in total. The molecule has 0 radical (unpaired) electrons. The fraction of sp³-hybridized carbons (Fsp3) is 0.154. The van der Waals surface area contributed by atoms with Crippen LogP contribution in [0.3, 0.4) is 0 Å². The highest BCUT2D eigenvalue weighted by Crippen LogP contribution is 2.24. The SMILES string of the molecule is CCOC(=O)c1ncn(-c2cc(Br)ccc2C#N)c1N. The van der Waals surface area contributed by atoms with Crippen LogP contribution in [-0.2, 0) is 4.74 Å². The summed E-state index contributed by atoms with van der Waals surface area (Å²) >= 11 is 3.33. The van der Waals surface area contributed by atoms with Crippen LogP contribution in [0.5, 0.6) is 0 Å². The van der Waals surface area contributed by atoms with Crippen molar-refractivity contribution < 1.29 is 9.53 Å². The Labute approximate surface area is 123 Å². The van der Waals surface area contributed by atoms with Crippen molar-refractivity contribution in [1.29, 1.82) is 5.26 Å². The number of aromatic nitrogens is 2. The number of carbonyl (C=O) groups excluding carboxylic acids is 1. The molecule has 0 unspecified atom stereocenters. The second kappa shape index (κ2) is 5.75. The number of rotatable bonds is 3. The smallest absolute Gasteiger partial charge is 0.360 e. The van der Waals surface area contributed by atoms with Crippen LogP contribution >= 0.6 is 15.9 Å². The molecule has 0 fully saturated rings. The largest absolute Gasteiger partial charge is 0.461 e. The van der Waals surface area contributed by atoms with Gasteiger partial charge in [-0.2, -0.15) is 5.26 Å². The van der Waals surface area contributed by atoms with Crippen LogP contribution in [0.4, 0.5) is 5.82 Å². The van der Waals surface area contributed by atoms with Crippen LogP contribution < -0.4 is 5.73 Å². The molecule has 0 aliphatic heterocycles. The van der Waals surface area contributed by atoms with E-state index in [0.29, 0.717) is 11.3 Å². The second-order valence-electron chi connectivity index (χ2n) is 3.84. The number of esters is 1. The number of halogens is 1. The number of anilines is 1. The molecule has 0 spiro atoms. The standard InChI is InChI=1S/C13H11BrN4O2/c1-2-20-13(19)11-12(16)18(7-17-11)10-5-9(14)4-3-8(10)6-15/h3-5,7H,2,16H2,1H3. The van der Waals surface area contributed by atoms with Crippen molar-refractivity contribution in [2.75, 3.05) is 12.3 Å². The maximum atomic E-state index is 11.7. The van der Waals surface area contributed by atoms with E-state index in [0.717, 1.165) is 4.47 Å². The third-order valence-electron chi connectivity index (χ3n) is 2.61. The molecule has 0 atom stereocenters. The molecule has 20 heavy (non-hydrogen) atoms. The molecule has 2 rings (SSSR count).